The highest BCUT2D eigenvalue weighted by molar-refractivity contribution is 7.25. The number of fused-ring (bicyclic) bond motifs is 6. The molecule has 0 saturated heterocycles. The minimum Gasteiger partial charge on any atom is -0.375 e. The standard InChI is InChI=1S/C29H30N2S/c1-4-30(3)25-12-8-6-10-20(25)19-14-15-22-24-17-23-21-11-7-9-13-26(21)31(5-2)27(23)18-29(24)32-28(22)16-19/h8-9,12-18H,4-7,10-11H2,1-3H3. The molecule has 2 nitrogen and oxygen atoms in total. The first kappa shape index (κ1) is 19.9. The molecule has 2 aromatic carbocycles. The van der Waals surface area contributed by atoms with Crippen LogP contribution in [0.5, 0.6) is 0 Å². The van der Waals surface area contributed by atoms with Crippen molar-refractivity contribution in [3.8, 4) is 0 Å². The van der Waals surface area contributed by atoms with E-state index in [1.807, 2.05) is 11.3 Å². The van der Waals surface area contributed by atoms with Gasteiger partial charge in [0, 0.05) is 57.1 Å². The van der Waals surface area contributed by atoms with Crippen LogP contribution >= 0.6 is 11.3 Å². The number of nitrogens with zero attached hydrogens (tertiary/aromatic N) is 2. The number of hydrogen-bond acceptors (Lipinski definition) is 2. The molecule has 0 N–H and O–H groups in total. The summed E-state index contributed by atoms with van der Waals surface area (Å²) in [5, 5.41) is 4.27. The highest BCUT2D eigenvalue weighted by Gasteiger charge is 2.19. The number of likely N-dealkylation sites (N-methyl/N-ethyl adjacent to an activating group) is 1. The second-order valence-corrected chi connectivity index (χ2v) is 10.1. The first-order chi connectivity index (χ1) is 15.7. The molecular weight excluding hydrogens is 408 g/mol. The Kier molecular flexibility index (Phi) is 4.76. The Morgan fingerprint density at radius 3 is 2.56 bits per heavy atom. The van der Waals surface area contributed by atoms with Crippen molar-refractivity contribution in [2.75, 3.05) is 13.6 Å². The van der Waals surface area contributed by atoms with Crippen LogP contribution in [0.25, 0.3) is 42.7 Å². The first-order valence-corrected chi connectivity index (χ1v) is 12.8. The van der Waals surface area contributed by atoms with Crippen molar-refractivity contribution in [2.24, 2.45) is 0 Å². The summed E-state index contributed by atoms with van der Waals surface area (Å²) >= 11 is 1.95. The third-order valence-corrected chi connectivity index (χ3v) is 8.45. The van der Waals surface area contributed by atoms with Crippen molar-refractivity contribution in [3.63, 3.8) is 0 Å². The molecule has 2 aromatic heterocycles. The lowest BCUT2D eigenvalue weighted by atomic mass is 9.93. The first-order valence-electron chi connectivity index (χ1n) is 12.0. The lowest BCUT2D eigenvalue weighted by Crippen LogP contribution is -2.18. The van der Waals surface area contributed by atoms with Gasteiger partial charge >= 0.3 is 0 Å². The molecule has 0 bridgehead atoms. The van der Waals surface area contributed by atoms with E-state index in [0.717, 1.165) is 38.8 Å². The second-order valence-electron chi connectivity index (χ2n) is 9.05. The van der Waals surface area contributed by atoms with E-state index in [0.29, 0.717) is 0 Å². The Morgan fingerprint density at radius 2 is 1.72 bits per heavy atom. The summed E-state index contributed by atoms with van der Waals surface area (Å²) in [4.78, 5) is 2.37. The molecule has 2 aliphatic carbocycles. The molecule has 6 rings (SSSR count). The number of aromatic nitrogens is 1. The number of aryl methyl sites for hydroxylation is 2. The van der Waals surface area contributed by atoms with Crippen LogP contribution in [0.4, 0.5) is 0 Å². The van der Waals surface area contributed by atoms with Gasteiger partial charge in [0.1, 0.15) is 0 Å². The Labute approximate surface area is 194 Å². The second kappa shape index (κ2) is 7.67. The molecule has 0 saturated carbocycles. The van der Waals surface area contributed by atoms with Crippen LogP contribution in [0.15, 0.2) is 54.3 Å². The van der Waals surface area contributed by atoms with E-state index in [4.69, 9.17) is 0 Å². The normalized spacial score (nSPS) is 16.0. The molecule has 0 amide bonds. The number of hydrogen-bond donors (Lipinski definition) is 0. The molecule has 0 aliphatic heterocycles. The van der Waals surface area contributed by atoms with Gasteiger partial charge in [-0.05, 0) is 86.6 Å². The molecule has 0 spiro atoms. The monoisotopic (exact) mass is 438 g/mol. The number of allylic oxidation sites excluding steroid dienone is 4. The van der Waals surface area contributed by atoms with Gasteiger partial charge in [-0.1, -0.05) is 24.3 Å². The average Bonchev–Trinajstić information content (AvgIpc) is 3.35. The van der Waals surface area contributed by atoms with E-state index >= 15 is 0 Å². The van der Waals surface area contributed by atoms with Crippen LogP contribution < -0.4 is 0 Å². The van der Waals surface area contributed by atoms with Gasteiger partial charge in [-0.3, -0.25) is 0 Å². The van der Waals surface area contributed by atoms with Crippen molar-refractivity contribution in [2.45, 2.75) is 46.1 Å². The van der Waals surface area contributed by atoms with Gasteiger partial charge in [0.25, 0.3) is 0 Å². The zero-order valence-corrected chi connectivity index (χ0v) is 20.1. The van der Waals surface area contributed by atoms with Crippen molar-refractivity contribution in [1.29, 1.82) is 0 Å². The van der Waals surface area contributed by atoms with Gasteiger partial charge < -0.3 is 9.47 Å². The van der Waals surface area contributed by atoms with Gasteiger partial charge in [-0.25, -0.2) is 0 Å². The largest absolute Gasteiger partial charge is 0.375 e. The summed E-state index contributed by atoms with van der Waals surface area (Å²) in [6, 6.07) is 12.1. The van der Waals surface area contributed by atoms with Crippen LogP contribution in [0.2, 0.25) is 0 Å². The van der Waals surface area contributed by atoms with E-state index in [9.17, 15) is 0 Å². The molecule has 162 valence electrons. The van der Waals surface area contributed by atoms with Crippen LogP contribution in [0.3, 0.4) is 0 Å². The lowest BCUT2D eigenvalue weighted by molar-refractivity contribution is 0.455. The topological polar surface area (TPSA) is 8.17 Å². The van der Waals surface area contributed by atoms with Crippen molar-refractivity contribution in [3.05, 3.63) is 71.1 Å². The zero-order chi connectivity index (χ0) is 21.8. The van der Waals surface area contributed by atoms with Crippen LogP contribution in [-0.4, -0.2) is 23.1 Å². The quantitative estimate of drug-likeness (QED) is 0.313. The molecule has 0 atom stereocenters. The van der Waals surface area contributed by atoms with Crippen molar-refractivity contribution in [1.82, 2.24) is 9.47 Å². The number of rotatable bonds is 4. The SMILES string of the molecule is CCN(C)C1=C(c2ccc3c(c2)sc2cc4c(cc23)c2c(n4CC)C=CCC2)CCC=C1. The Bertz CT molecular complexity index is 1460. The molecule has 0 radical (unpaired) electrons. The van der Waals surface area contributed by atoms with Gasteiger partial charge in [0.15, 0.2) is 0 Å². The number of thiophene rings is 1. The fourth-order valence-electron chi connectivity index (χ4n) is 5.58. The maximum absolute atomic E-state index is 2.50. The fourth-order valence-corrected chi connectivity index (χ4v) is 6.74. The summed E-state index contributed by atoms with van der Waals surface area (Å²) in [5.74, 6) is 0. The third-order valence-electron chi connectivity index (χ3n) is 7.34. The maximum Gasteiger partial charge on any atom is 0.0502 e. The van der Waals surface area contributed by atoms with Crippen LogP contribution in [-0.2, 0) is 13.0 Å². The van der Waals surface area contributed by atoms with Crippen LogP contribution in [0.1, 0.15) is 49.9 Å². The zero-order valence-electron chi connectivity index (χ0n) is 19.2. The van der Waals surface area contributed by atoms with Crippen molar-refractivity contribution >= 4 is 54.1 Å². The van der Waals surface area contributed by atoms with Crippen LogP contribution in [0, 0.1) is 0 Å². The van der Waals surface area contributed by atoms with E-state index in [1.54, 1.807) is 0 Å². The van der Waals surface area contributed by atoms with E-state index < -0.39 is 0 Å². The molecule has 4 aromatic rings. The third kappa shape index (κ3) is 2.91. The Hall–Kier alpha value is -2.78. The summed E-state index contributed by atoms with van der Waals surface area (Å²) in [7, 11) is 2.20. The predicted molar refractivity (Wildman–Crippen MR) is 141 cm³/mol. The summed E-state index contributed by atoms with van der Waals surface area (Å²) in [5.41, 5.74) is 8.60. The summed E-state index contributed by atoms with van der Waals surface area (Å²) in [6.45, 7) is 6.54. The minimum atomic E-state index is 1.02. The summed E-state index contributed by atoms with van der Waals surface area (Å²) in [6.07, 6.45) is 13.8. The Balaban J connectivity index is 1.56. The van der Waals surface area contributed by atoms with E-state index in [1.165, 1.54) is 59.2 Å². The lowest BCUT2D eigenvalue weighted by Gasteiger charge is -2.25. The molecule has 0 fully saturated rings. The summed E-state index contributed by atoms with van der Waals surface area (Å²) < 4.78 is 5.31. The highest BCUT2D eigenvalue weighted by atomic mass is 32.1. The molecule has 32 heavy (non-hydrogen) atoms. The molecular formula is C29H30N2S. The molecule has 0 unspecified atom stereocenters. The molecule has 2 heterocycles. The predicted octanol–water partition coefficient (Wildman–Crippen LogP) is 8.00. The molecule has 3 heteroatoms. The average molecular weight is 439 g/mol. The molecule has 2 aliphatic rings. The smallest absolute Gasteiger partial charge is 0.0502 e. The van der Waals surface area contributed by atoms with E-state index in [-0.39, 0.29) is 0 Å². The van der Waals surface area contributed by atoms with Gasteiger partial charge in [0.2, 0.25) is 0 Å². The van der Waals surface area contributed by atoms with Gasteiger partial charge in [-0.15, -0.1) is 11.3 Å². The van der Waals surface area contributed by atoms with Gasteiger partial charge in [-0.2, -0.15) is 0 Å². The van der Waals surface area contributed by atoms with Gasteiger partial charge in [0.05, 0.1) is 5.52 Å². The Morgan fingerprint density at radius 1 is 0.906 bits per heavy atom. The fraction of sp³-hybridized carbons (Fsp3) is 0.310. The highest BCUT2D eigenvalue weighted by Crippen LogP contribution is 2.41. The van der Waals surface area contributed by atoms with E-state index in [2.05, 4.69) is 85.0 Å². The maximum atomic E-state index is 2.50. The number of benzene rings is 2. The van der Waals surface area contributed by atoms with Crippen molar-refractivity contribution < 1.29 is 0 Å². The minimum absolute atomic E-state index is 1.02.